The van der Waals surface area contributed by atoms with Crippen molar-refractivity contribution in [2.75, 3.05) is 0 Å². The van der Waals surface area contributed by atoms with Gasteiger partial charge in [0.15, 0.2) is 11.5 Å². The van der Waals surface area contributed by atoms with Gasteiger partial charge < -0.3 is 10.6 Å². The highest BCUT2D eigenvalue weighted by Gasteiger charge is 2.55. The summed E-state index contributed by atoms with van der Waals surface area (Å²) >= 11 is 0. The number of likely N-dealkylation sites (tertiary alicyclic amines) is 1. The number of Topliss-reactive ketones (excluding diaryl/α,β-unsaturated/α-hetero) is 1. The van der Waals surface area contributed by atoms with Crippen molar-refractivity contribution in [1.29, 1.82) is 0 Å². The number of para-hydroxylation sites is 1. The van der Waals surface area contributed by atoms with Crippen LogP contribution in [0.25, 0.3) is 22.2 Å². The Labute approximate surface area is 216 Å². The van der Waals surface area contributed by atoms with E-state index in [-0.39, 0.29) is 59.1 Å². The summed E-state index contributed by atoms with van der Waals surface area (Å²) in [7, 11) is 0. The molecule has 38 heavy (non-hydrogen) atoms. The van der Waals surface area contributed by atoms with E-state index in [1.54, 1.807) is 35.2 Å². The molecule has 3 heterocycles. The van der Waals surface area contributed by atoms with Crippen LogP contribution in [0.3, 0.4) is 0 Å². The Morgan fingerprint density at radius 2 is 1.82 bits per heavy atom. The minimum absolute atomic E-state index is 0.0218. The fraction of sp³-hybridized carbons (Fsp3) is 0.250. The summed E-state index contributed by atoms with van der Waals surface area (Å²) in [4.78, 5) is 44.2. The van der Waals surface area contributed by atoms with Crippen molar-refractivity contribution < 1.29 is 23.2 Å². The maximum atomic E-state index is 15.3. The highest BCUT2D eigenvalue weighted by molar-refractivity contribution is 6.04. The summed E-state index contributed by atoms with van der Waals surface area (Å²) in [5.41, 5.74) is 6.10. The van der Waals surface area contributed by atoms with Gasteiger partial charge in [-0.3, -0.25) is 24.0 Å². The molecule has 1 saturated carbocycles. The Hall–Kier alpha value is -4.47. The molecule has 0 radical (unpaired) electrons. The molecular weight excluding hydrogens is 492 g/mol. The number of primary amides is 1. The van der Waals surface area contributed by atoms with Crippen LogP contribution >= 0.6 is 0 Å². The Morgan fingerprint density at radius 3 is 2.61 bits per heavy atom. The molecule has 2 aliphatic rings. The number of pyridine rings is 1. The molecule has 1 aliphatic carbocycles. The molecule has 2 N–H and O–H groups in total. The zero-order chi connectivity index (χ0) is 26.6. The molecule has 8 nitrogen and oxygen atoms in total. The van der Waals surface area contributed by atoms with Crippen LogP contribution in [0.1, 0.15) is 28.9 Å². The van der Waals surface area contributed by atoms with Crippen LogP contribution in [0.15, 0.2) is 60.8 Å². The second-order valence-electron chi connectivity index (χ2n) is 9.76. The Balaban J connectivity index is 1.24. The lowest BCUT2D eigenvalue weighted by Gasteiger charge is -2.27. The van der Waals surface area contributed by atoms with Crippen LogP contribution < -0.4 is 5.73 Å². The summed E-state index contributed by atoms with van der Waals surface area (Å²) in [6.07, 6.45) is 2.46. The predicted octanol–water partition coefficient (Wildman–Crippen LogP) is 3.28. The molecule has 1 aliphatic heterocycles. The van der Waals surface area contributed by atoms with Crippen molar-refractivity contribution in [3.8, 4) is 11.3 Å². The van der Waals surface area contributed by atoms with Gasteiger partial charge in [-0.05, 0) is 48.6 Å². The number of piperidine rings is 1. The maximum Gasteiger partial charge on any atom is 0.269 e. The first-order chi connectivity index (χ1) is 18.3. The smallest absolute Gasteiger partial charge is 0.269 e. The van der Waals surface area contributed by atoms with Crippen molar-refractivity contribution in [3.63, 3.8) is 0 Å². The Morgan fingerprint density at radius 1 is 1.00 bits per heavy atom. The number of hydrogen-bond acceptors (Lipinski definition) is 5. The van der Waals surface area contributed by atoms with E-state index in [0.717, 1.165) is 6.42 Å². The summed E-state index contributed by atoms with van der Waals surface area (Å²) in [6.45, 7) is -0.163. The van der Waals surface area contributed by atoms with Crippen molar-refractivity contribution in [1.82, 2.24) is 19.7 Å². The Bertz CT molecular complexity index is 1620. The van der Waals surface area contributed by atoms with Crippen LogP contribution in [0.5, 0.6) is 0 Å². The molecular formula is C28H23F2N5O3. The molecule has 4 aromatic rings. The van der Waals surface area contributed by atoms with Gasteiger partial charge in [0.1, 0.15) is 23.9 Å². The van der Waals surface area contributed by atoms with Crippen molar-refractivity contribution in [3.05, 3.63) is 83.7 Å². The number of benzene rings is 2. The number of amides is 2. The first-order valence-electron chi connectivity index (χ1n) is 12.3. The lowest BCUT2D eigenvalue weighted by Crippen LogP contribution is -2.45. The molecule has 0 unspecified atom stereocenters. The number of aromatic nitrogens is 3. The second kappa shape index (κ2) is 9.13. The third kappa shape index (κ3) is 4.02. The first-order valence-corrected chi connectivity index (χ1v) is 12.3. The van der Waals surface area contributed by atoms with Gasteiger partial charge in [-0.2, -0.15) is 5.10 Å². The van der Waals surface area contributed by atoms with Crippen molar-refractivity contribution >= 4 is 28.5 Å². The van der Waals surface area contributed by atoms with Crippen LogP contribution in [0.2, 0.25) is 0 Å². The van der Waals surface area contributed by atoms with Crippen molar-refractivity contribution in [2.45, 2.75) is 37.9 Å². The van der Waals surface area contributed by atoms with E-state index in [1.165, 1.54) is 35.1 Å². The van der Waals surface area contributed by atoms with Crippen LogP contribution in [0, 0.1) is 17.6 Å². The number of nitrogens with zero attached hydrogens (tertiary/aromatic N) is 4. The summed E-state index contributed by atoms with van der Waals surface area (Å²) < 4.78 is 31.0. The highest BCUT2D eigenvalue weighted by atomic mass is 19.1. The van der Waals surface area contributed by atoms with Crippen LogP contribution in [-0.4, -0.2) is 49.3 Å². The summed E-state index contributed by atoms with van der Waals surface area (Å²) in [5.74, 6) is -2.43. The van der Waals surface area contributed by atoms with E-state index in [1.807, 2.05) is 0 Å². The zero-order valence-electron chi connectivity index (χ0n) is 20.2. The molecule has 192 valence electrons. The number of rotatable bonds is 7. The normalized spacial score (nSPS) is 19.9. The van der Waals surface area contributed by atoms with Gasteiger partial charge in [0, 0.05) is 29.6 Å². The number of hydrogen-bond donors (Lipinski definition) is 1. The van der Waals surface area contributed by atoms with E-state index >= 15 is 4.39 Å². The van der Waals surface area contributed by atoms with Gasteiger partial charge in [-0.25, -0.2) is 8.78 Å². The maximum absolute atomic E-state index is 15.3. The minimum Gasteiger partial charge on any atom is -0.364 e. The zero-order valence-corrected chi connectivity index (χ0v) is 20.2. The number of fused-ring (bicyclic) bond motifs is 2. The lowest BCUT2D eigenvalue weighted by molar-refractivity contribution is -0.139. The van der Waals surface area contributed by atoms with Gasteiger partial charge in [0.2, 0.25) is 5.91 Å². The van der Waals surface area contributed by atoms with Gasteiger partial charge in [-0.15, -0.1) is 0 Å². The van der Waals surface area contributed by atoms with E-state index < -0.39 is 23.6 Å². The summed E-state index contributed by atoms with van der Waals surface area (Å²) in [6, 6.07) is 13.3. The average molecular weight is 516 g/mol. The number of carbonyl (C=O) groups is 3. The fourth-order valence-corrected chi connectivity index (χ4v) is 5.53. The monoisotopic (exact) mass is 515 g/mol. The molecule has 2 amide bonds. The minimum atomic E-state index is -0.707. The third-order valence-electron chi connectivity index (χ3n) is 7.40. The van der Waals surface area contributed by atoms with E-state index in [4.69, 9.17) is 5.73 Å². The van der Waals surface area contributed by atoms with Gasteiger partial charge in [0.05, 0.1) is 11.6 Å². The molecule has 6 rings (SSSR count). The first kappa shape index (κ1) is 23.9. The van der Waals surface area contributed by atoms with E-state index in [2.05, 4.69) is 10.1 Å². The number of halogens is 2. The number of ketones is 1. The number of carbonyl (C=O) groups excluding carboxylic acids is 3. The quantitative estimate of drug-likeness (QED) is 0.406. The standard InChI is InChI=1S/C28H23F2N5O3/c29-19-8-4-10-32-26(19)18-7-3-5-15(25(18)30)13-23(36)22-12-16-11-21(16)35(22)24(37)14-34-20-9-2-1-6-17(20)27(33-34)28(31)38/h1-10,16,21-22H,11-14H2,(H2,31,38)/t16-,21-,22+/m1/s1. The van der Waals surface area contributed by atoms with Gasteiger partial charge >= 0.3 is 0 Å². The molecule has 0 bridgehead atoms. The third-order valence-corrected chi connectivity index (χ3v) is 7.40. The highest BCUT2D eigenvalue weighted by Crippen LogP contribution is 2.48. The Kier molecular flexibility index (Phi) is 5.74. The second-order valence-corrected chi connectivity index (χ2v) is 9.76. The molecule has 0 spiro atoms. The summed E-state index contributed by atoms with van der Waals surface area (Å²) in [5, 5.41) is 4.80. The number of nitrogens with two attached hydrogens (primary N) is 1. The molecule has 3 atom stereocenters. The molecule has 10 heteroatoms. The van der Waals surface area contributed by atoms with E-state index in [9.17, 15) is 18.8 Å². The lowest BCUT2D eigenvalue weighted by atomic mass is 9.97. The van der Waals surface area contributed by atoms with Crippen LogP contribution in [0.4, 0.5) is 8.78 Å². The molecule has 2 aromatic heterocycles. The molecule has 2 aromatic carbocycles. The fourth-order valence-electron chi connectivity index (χ4n) is 5.53. The topological polar surface area (TPSA) is 111 Å². The SMILES string of the molecule is NC(=O)c1nn(CC(=O)N2[C@@H]3C[C@@H]3C[C@H]2C(=O)Cc2cccc(-c3ncccc3F)c2F)c2ccccc12. The average Bonchev–Trinajstić information content (AvgIpc) is 3.40. The van der Waals surface area contributed by atoms with E-state index in [0.29, 0.717) is 17.3 Å². The van der Waals surface area contributed by atoms with Gasteiger partial charge in [0.25, 0.3) is 5.91 Å². The van der Waals surface area contributed by atoms with Crippen LogP contribution in [-0.2, 0) is 22.6 Å². The molecule has 2 fully saturated rings. The largest absolute Gasteiger partial charge is 0.364 e. The van der Waals surface area contributed by atoms with Crippen molar-refractivity contribution in [2.24, 2.45) is 11.7 Å². The predicted molar refractivity (Wildman–Crippen MR) is 134 cm³/mol. The molecule has 1 saturated heterocycles. The van der Waals surface area contributed by atoms with Gasteiger partial charge in [-0.1, -0.05) is 30.3 Å².